The predicted octanol–water partition coefficient (Wildman–Crippen LogP) is 2.33. The first-order valence-electron chi connectivity index (χ1n) is 3.13. The fourth-order valence-corrected chi connectivity index (χ4v) is 0.552. The highest BCUT2D eigenvalue weighted by atomic mass is 16.3. The van der Waals surface area contributed by atoms with E-state index in [0.29, 0.717) is 0 Å². The van der Waals surface area contributed by atoms with E-state index in [9.17, 15) is 4.91 Å². The third kappa shape index (κ3) is 3.78. The van der Waals surface area contributed by atoms with Gasteiger partial charge in [-0.2, -0.15) is 4.91 Å². The van der Waals surface area contributed by atoms with E-state index in [-0.39, 0.29) is 6.04 Å². The van der Waals surface area contributed by atoms with Crippen LogP contribution in [0.1, 0.15) is 33.1 Å². The average Bonchev–Trinajstić information content (AvgIpc) is 1.83. The molecule has 0 aliphatic heterocycles. The van der Waals surface area contributed by atoms with Gasteiger partial charge in [-0.15, -0.1) is 0 Å². The van der Waals surface area contributed by atoms with Gasteiger partial charge < -0.3 is 0 Å². The molecule has 0 N–H and O–H groups in total. The van der Waals surface area contributed by atoms with Crippen molar-refractivity contribution in [2.75, 3.05) is 0 Å². The molecule has 0 bridgehead atoms. The molecule has 0 aliphatic rings. The van der Waals surface area contributed by atoms with Gasteiger partial charge in [0.25, 0.3) is 0 Å². The predicted molar refractivity (Wildman–Crippen MR) is 34.8 cm³/mol. The Kier molecular flexibility index (Phi) is 4.51. The molecule has 0 aromatic carbocycles. The van der Waals surface area contributed by atoms with Crippen LogP contribution in [0.5, 0.6) is 0 Å². The number of rotatable bonds is 4. The van der Waals surface area contributed by atoms with Crippen LogP contribution < -0.4 is 0 Å². The minimum atomic E-state index is 0.0231. The van der Waals surface area contributed by atoms with E-state index in [1.54, 1.807) is 0 Å². The molecule has 0 heterocycles. The number of hydrogen-bond donors (Lipinski definition) is 0. The molecule has 0 rings (SSSR count). The number of unbranched alkanes of at least 4 members (excludes halogenated alkanes) is 1. The Morgan fingerprint density at radius 3 is 2.62 bits per heavy atom. The van der Waals surface area contributed by atoms with Crippen molar-refractivity contribution in [3.63, 3.8) is 0 Å². The lowest BCUT2D eigenvalue weighted by atomic mass is 10.2. The summed E-state index contributed by atoms with van der Waals surface area (Å²) in [5.74, 6) is 0. The summed E-state index contributed by atoms with van der Waals surface area (Å²) in [6.45, 7) is 3.96. The fourth-order valence-electron chi connectivity index (χ4n) is 0.552. The smallest absolute Gasteiger partial charge is 0.0891 e. The van der Waals surface area contributed by atoms with Gasteiger partial charge in [0.15, 0.2) is 0 Å². The molecular formula is C6H13NO. The Hall–Kier alpha value is -0.400. The Labute approximate surface area is 50.3 Å². The van der Waals surface area contributed by atoms with Crippen molar-refractivity contribution in [3.8, 4) is 0 Å². The lowest BCUT2D eigenvalue weighted by Crippen LogP contribution is -1.94. The molecule has 2 nitrogen and oxygen atoms in total. The highest BCUT2D eigenvalue weighted by Gasteiger charge is 1.96. The summed E-state index contributed by atoms with van der Waals surface area (Å²) >= 11 is 0. The van der Waals surface area contributed by atoms with Crippen molar-refractivity contribution in [3.05, 3.63) is 4.91 Å². The van der Waals surface area contributed by atoms with Gasteiger partial charge in [-0.05, 0) is 13.3 Å². The molecule has 0 aromatic heterocycles. The van der Waals surface area contributed by atoms with Crippen LogP contribution in [0.15, 0.2) is 5.18 Å². The van der Waals surface area contributed by atoms with E-state index < -0.39 is 0 Å². The Morgan fingerprint density at radius 2 is 2.25 bits per heavy atom. The number of nitroso groups, excluding NO2 is 1. The maximum absolute atomic E-state index is 9.76. The van der Waals surface area contributed by atoms with Gasteiger partial charge in [-0.1, -0.05) is 24.9 Å². The maximum atomic E-state index is 9.76. The maximum Gasteiger partial charge on any atom is 0.0891 e. The molecule has 0 aliphatic carbocycles. The lowest BCUT2D eigenvalue weighted by Gasteiger charge is -1.96. The molecule has 0 amide bonds. The van der Waals surface area contributed by atoms with Crippen molar-refractivity contribution in [2.24, 2.45) is 5.18 Å². The third-order valence-corrected chi connectivity index (χ3v) is 1.16. The summed E-state index contributed by atoms with van der Waals surface area (Å²) in [7, 11) is 0. The molecule has 0 saturated carbocycles. The van der Waals surface area contributed by atoms with Crippen molar-refractivity contribution in [1.82, 2.24) is 0 Å². The van der Waals surface area contributed by atoms with E-state index in [4.69, 9.17) is 0 Å². The second kappa shape index (κ2) is 4.75. The van der Waals surface area contributed by atoms with Crippen LogP contribution in [-0.2, 0) is 0 Å². The molecule has 0 spiro atoms. The molecule has 0 aromatic rings. The molecule has 0 radical (unpaired) electrons. The highest BCUT2D eigenvalue weighted by molar-refractivity contribution is 4.56. The van der Waals surface area contributed by atoms with Crippen molar-refractivity contribution < 1.29 is 0 Å². The minimum Gasteiger partial charge on any atom is -0.151 e. The van der Waals surface area contributed by atoms with Gasteiger partial charge in [-0.25, -0.2) is 0 Å². The average molecular weight is 115 g/mol. The zero-order chi connectivity index (χ0) is 6.41. The second-order valence-corrected chi connectivity index (χ2v) is 2.10. The Balaban J connectivity index is 2.98. The van der Waals surface area contributed by atoms with Gasteiger partial charge >= 0.3 is 0 Å². The monoisotopic (exact) mass is 115 g/mol. The van der Waals surface area contributed by atoms with Gasteiger partial charge in [0, 0.05) is 0 Å². The van der Waals surface area contributed by atoms with Crippen LogP contribution in [0.4, 0.5) is 0 Å². The van der Waals surface area contributed by atoms with Crippen LogP contribution in [0.25, 0.3) is 0 Å². The lowest BCUT2D eigenvalue weighted by molar-refractivity contribution is 0.614. The van der Waals surface area contributed by atoms with Crippen LogP contribution >= 0.6 is 0 Å². The summed E-state index contributed by atoms with van der Waals surface area (Å²) in [5.41, 5.74) is 0. The molecule has 2 heteroatoms. The Morgan fingerprint density at radius 1 is 1.62 bits per heavy atom. The fraction of sp³-hybridized carbons (Fsp3) is 1.00. The van der Waals surface area contributed by atoms with E-state index >= 15 is 0 Å². The summed E-state index contributed by atoms with van der Waals surface area (Å²) in [6, 6.07) is 0.0231. The van der Waals surface area contributed by atoms with Gasteiger partial charge in [0.1, 0.15) is 0 Å². The van der Waals surface area contributed by atoms with Gasteiger partial charge in [0.2, 0.25) is 0 Å². The molecule has 48 valence electrons. The molecule has 1 unspecified atom stereocenters. The van der Waals surface area contributed by atoms with Gasteiger partial charge in [0.05, 0.1) is 6.04 Å². The number of nitrogens with zero attached hydrogens (tertiary/aromatic N) is 1. The van der Waals surface area contributed by atoms with Crippen LogP contribution in [0.2, 0.25) is 0 Å². The van der Waals surface area contributed by atoms with Crippen molar-refractivity contribution in [1.29, 1.82) is 0 Å². The molecular weight excluding hydrogens is 102 g/mol. The summed E-state index contributed by atoms with van der Waals surface area (Å²) < 4.78 is 0. The van der Waals surface area contributed by atoms with E-state index in [1.165, 1.54) is 0 Å². The SMILES string of the molecule is CCCCC(C)N=O. The quantitative estimate of drug-likeness (QED) is 0.517. The normalized spacial score (nSPS) is 13.2. The van der Waals surface area contributed by atoms with E-state index in [2.05, 4.69) is 12.1 Å². The third-order valence-electron chi connectivity index (χ3n) is 1.16. The first kappa shape index (κ1) is 7.60. The van der Waals surface area contributed by atoms with Crippen LogP contribution in [0.3, 0.4) is 0 Å². The zero-order valence-electron chi connectivity index (χ0n) is 5.55. The zero-order valence-corrected chi connectivity index (χ0v) is 5.55. The summed E-state index contributed by atoms with van der Waals surface area (Å²) in [6.07, 6.45) is 3.22. The van der Waals surface area contributed by atoms with E-state index in [0.717, 1.165) is 19.3 Å². The topological polar surface area (TPSA) is 29.4 Å². The van der Waals surface area contributed by atoms with E-state index in [1.807, 2.05) is 6.92 Å². The number of hydrogen-bond acceptors (Lipinski definition) is 2. The molecule has 0 saturated heterocycles. The van der Waals surface area contributed by atoms with Crippen LogP contribution in [-0.4, -0.2) is 6.04 Å². The first-order valence-corrected chi connectivity index (χ1v) is 3.13. The summed E-state index contributed by atoms with van der Waals surface area (Å²) in [4.78, 5) is 9.76. The molecule has 0 fully saturated rings. The highest BCUT2D eigenvalue weighted by Crippen LogP contribution is 2.01. The van der Waals surface area contributed by atoms with Crippen molar-refractivity contribution >= 4 is 0 Å². The largest absolute Gasteiger partial charge is 0.151 e. The first-order chi connectivity index (χ1) is 3.81. The second-order valence-electron chi connectivity index (χ2n) is 2.10. The Bertz CT molecular complexity index is 63.5. The molecule has 1 atom stereocenters. The standard InChI is InChI=1S/C6H13NO/c1-3-4-5-6(2)7-8/h6H,3-5H2,1-2H3. The summed E-state index contributed by atoms with van der Waals surface area (Å²) in [5, 5.41) is 2.88. The minimum absolute atomic E-state index is 0.0231. The van der Waals surface area contributed by atoms with Crippen LogP contribution in [0, 0.1) is 4.91 Å². The van der Waals surface area contributed by atoms with Gasteiger partial charge in [-0.3, -0.25) is 0 Å². The molecule has 8 heavy (non-hydrogen) atoms. The van der Waals surface area contributed by atoms with Crippen molar-refractivity contribution in [2.45, 2.75) is 39.2 Å².